The van der Waals surface area contributed by atoms with E-state index in [9.17, 15) is 0 Å². The maximum atomic E-state index is 4.23. The molecule has 13 heavy (non-hydrogen) atoms. The van der Waals surface area contributed by atoms with Gasteiger partial charge in [-0.25, -0.2) is 0 Å². The maximum Gasteiger partial charge on any atom is 0.0113 e. The van der Waals surface area contributed by atoms with E-state index in [2.05, 4.69) is 36.3 Å². The minimum atomic E-state index is 0.715. The highest BCUT2D eigenvalue weighted by atomic mass is 32.1. The van der Waals surface area contributed by atoms with E-state index in [0.717, 1.165) is 5.75 Å². The summed E-state index contributed by atoms with van der Waals surface area (Å²) in [6, 6.07) is 0.715. The van der Waals surface area contributed by atoms with Gasteiger partial charge in [0.1, 0.15) is 0 Å². The molecule has 0 unspecified atom stereocenters. The molecule has 0 aromatic rings. The summed E-state index contributed by atoms with van der Waals surface area (Å²) >= 11 is 4.23. The SMILES string of the molecule is CC(C)N1CCN(CCCS)CC1. The standard InChI is InChI=1S/C10H22N2S/c1-10(2)12-7-5-11(6-8-12)4-3-9-13/h10,13H,3-9H2,1-2H3. The van der Waals surface area contributed by atoms with Crippen LogP contribution >= 0.6 is 12.6 Å². The number of thiol groups is 1. The Hall–Kier alpha value is 0.270. The van der Waals surface area contributed by atoms with Gasteiger partial charge in [-0.1, -0.05) is 0 Å². The molecule has 1 heterocycles. The minimum Gasteiger partial charge on any atom is -0.301 e. The van der Waals surface area contributed by atoms with Crippen LogP contribution in [0.3, 0.4) is 0 Å². The Labute approximate surface area is 87.7 Å². The molecule has 1 aliphatic heterocycles. The van der Waals surface area contributed by atoms with Gasteiger partial charge in [0.25, 0.3) is 0 Å². The third kappa shape index (κ3) is 3.88. The maximum absolute atomic E-state index is 4.23. The molecule has 0 aromatic heterocycles. The summed E-state index contributed by atoms with van der Waals surface area (Å²) in [5, 5.41) is 0. The van der Waals surface area contributed by atoms with Gasteiger partial charge in [-0.05, 0) is 32.6 Å². The highest BCUT2D eigenvalue weighted by Crippen LogP contribution is 2.06. The molecule has 0 aromatic carbocycles. The van der Waals surface area contributed by atoms with Crippen LogP contribution in [0.1, 0.15) is 20.3 Å². The lowest BCUT2D eigenvalue weighted by molar-refractivity contribution is 0.109. The van der Waals surface area contributed by atoms with Crippen molar-refractivity contribution in [2.45, 2.75) is 26.3 Å². The normalized spacial score (nSPS) is 21.2. The van der Waals surface area contributed by atoms with E-state index in [1.807, 2.05) is 0 Å². The fourth-order valence-electron chi connectivity index (χ4n) is 1.80. The summed E-state index contributed by atoms with van der Waals surface area (Å²) in [7, 11) is 0. The Morgan fingerprint density at radius 3 is 2.23 bits per heavy atom. The summed E-state index contributed by atoms with van der Waals surface area (Å²) in [6.45, 7) is 10.8. The number of nitrogens with zero attached hydrogens (tertiary/aromatic N) is 2. The van der Waals surface area contributed by atoms with Crippen molar-refractivity contribution >= 4 is 12.6 Å². The van der Waals surface area contributed by atoms with Gasteiger partial charge in [0, 0.05) is 32.2 Å². The highest BCUT2D eigenvalue weighted by Gasteiger charge is 2.17. The Bertz CT molecular complexity index is 131. The first kappa shape index (κ1) is 11.3. The van der Waals surface area contributed by atoms with E-state index < -0.39 is 0 Å². The lowest BCUT2D eigenvalue weighted by atomic mass is 10.2. The monoisotopic (exact) mass is 202 g/mol. The molecular weight excluding hydrogens is 180 g/mol. The summed E-state index contributed by atoms with van der Waals surface area (Å²) in [5.41, 5.74) is 0. The lowest BCUT2D eigenvalue weighted by Gasteiger charge is -2.36. The van der Waals surface area contributed by atoms with Crippen LogP contribution in [-0.4, -0.2) is 54.3 Å². The molecular formula is C10H22N2S. The van der Waals surface area contributed by atoms with Crippen molar-refractivity contribution in [2.24, 2.45) is 0 Å². The van der Waals surface area contributed by atoms with Gasteiger partial charge >= 0.3 is 0 Å². The highest BCUT2D eigenvalue weighted by molar-refractivity contribution is 7.80. The van der Waals surface area contributed by atoms with Gasteiger partial charge in [-0.3, -0.25) is 4.90 Å². The van der Waals surface area contributed by atoms with Crippen LogP contribution in [0.15, 0.2) is 0 Å². The van der Waals surface area contributed by atoms with Crippen LogP contribution in [0.2, 0.25) is 0 Å². The Morgan fingerprint density at radius 2 is 1.77 bits per heavy atom. The largest absolute Gasteiger partial charge is 0.301 e. The van der Waals surface area contributed by atoms with Crippen molar-refractivity contribution in [1.82, 2.24) is 9.80 Å². The molecule has 0 spiro atoms. The first-order valence-electron chi connectivity index (χ1n) is 5.31. The van der Waals surface area contributed by atoms with E-state index in [0.29, 0.717) is 6.04 Å². The van der Waals surface area contributed by atoms with Gasteiger partial charge in [-0.15, -0.1) is 0 Å². The van der Waals surface area contributed by atoms with E-state index in [1.165, 1.54) is 39.1 Å². The number of hydrogen-bond donors (Lipinski definition) is 1. The molecule has 0 bridgehead atoms. The number of rotatable bonds is 4. The quantitative estimate of drug-likeness (QED) is 0.687. The van der Waals surface area contributed by atoms with E-state index in [-0.39, 0.29) is 0 Å². The third-order valence-electron chi connectivity index (χ3n) is 2.77. The van der Waals surface area contributed by atoms with Crippen LogP contribution in [0.4, 0.5) is 0 Å². The van der Waals surface area contributed by atoms with Crippen LogP contribution in [0, 0.1) is 0 Å². The molecule has 1 rings (SSSR count). The van der Waals surface area contributed by atoms with Crippen molar-refractivity contribution in [3.63, 3.8) is 0 Å². The number of hydrogen-bond acceptors (Lipinski definition) is 3. The topological polar surface area (TPSA) is 6.48 Å². The van der Waals surface area contributed by atoms with Crippen LogP contribution < -0.4 is 0 Å². The van der Waals surface area contributed by atoms with Gasteiger partial charge in [0.15, 0.2) is 0 Å². The zero-order valence-electron chi connectivity index (χ0n) is 8.87. The lowest BCUT2D eigenvalue weighted by Crippen LogP contribution is -2.48. The predicted octanol–water partition coefficient (Wildman–Crippen LogP) is 1.33. The number of piperazine rings is 1. The van der Waals surface area contributed by atoms with E-state index in [4.69, 9.17) is 0 Å². The van der Waals surface area contributed by atoms with Gasteiger partial charge < -0.3 is 4.90 Å². The average molecular weight is 202 g/mol. The van der Waals surface area contributed by atoms with Crippen LogP contribution in [0.5, 0.6) is 0 Å². The van der Waals surface area contributed by atoms with Gasteiger partial charge in [0.2, 0.25) is 0 Å². The molecule has 0 aliphatic carbocycles. The molecule has 3 heteroatoms. The summed E-state index contributed by atoms with van der Waals surface area (Å²) in [6.07, 6.45) is 1.23. The molecule has 0 radical (unpaired) electrons. The summed E-state index contributed by atoms with van der Waals surface area (Å²) in [4.78, 5) is 5.10. The zero-order chi connectivity index (χ0) is 9.68. The molecule has 1 aliphatic rings. The Kier molecular flexibility index (Phi) is 5.14. The first-order valence-corrected chi connectivity index (χ1v) is 5.94. The zero-order valence-corrected chi connectivity index (χ0v) is 9.76. The predicted molar refractivity (Wildman–Crippen MR) is 61.6 cm³/mol. The molecule has 0 atom stereocenters. The van der Waals surface area contributed by atoms with E-state index in [1.54, 1.807) is 0 Å². The second-order valence-corrected chi connectivity index (χ2v) is 4.50. The van der Waals surface area contributed by atoms with Crippen molar-refractivity contribution < 1.29 is 0 Å². The minimum absolute atomic E-state index is 0.715. The van der Waals surface area contributed by atoms with Crippen molar-refractivity contribution in [2.75, 3.05) is 38.5 Å². The molecule has 2 nitrogen and oxygen atoms in total. The molecule has 0 saturated carbocycles. The van der Waals surface area contributed by atoms with Crippen LogP contribution in [-0.2, 0) is 0 Å². The van der Waals surface area contributed by atoms with Crippen molar-refractivity contribution in [3.05, 3.63) is 0 Å². The summed E-state index contributed by atoms with van der Waals surface area (Å²) < 4.78 is 0. The molecule has 0 N–H and O–H groups in total. The second-order valence-electron chi connectivity index (χ2n) is 4.05. The Balaban J connectivity index is 2.15. The van der Waals surface area contributed by atoms with Crippen LogP contribution in [0.25, 0.3) is 0 Å². The van der Waals surface area contributed by atoms with Crippen molar-refractivity contribution in [1.29, 1.82) is 0 Å². The second kappa shape index (κ2) is 5.89. The third-order valence-corrected chi connectivity index (χ3v) is 3.09. The van der Waals surface area contributed by atoms with Gasteiger partial charge in [-0.2, -0.15) is 12.6 Å². The Morgan fingerprint density at radius 1 is 1.15 bits per heavy atom. The smallest absolute Gasteiger partial charge is 0.0113 e. The first-order chi connectivity index (χ1) is 6.24. The molecule has 0 amide bonds. The van der Waals surface area contributed by atoms with E-state index >= 15 is 0 Å². The fourth-order valence-corrected chi connectivity index (χ4v) is 1.94. The molecule has 1 saturated heterocycles. The fraction of sp³-hybridized carbons (Fsp3) is 1.00. The average Bonchev–Trinajstić information content (AvgIpc) is 2.15. The summed E-state index contributed by atoms with van der Waals surface area (Å²) in [5.74, 6) is 1.02. The van der Waals surface area contributed by atoms with Crippen molar-refractivity contribution in [3.8, 4) is 0 Å². The molecule has 78 valence electrons. The molecule has 1 fully saturated rings. The van der Waals surface area contributed by atoms with Gasteiger partial charge in [0.05, 0.1) is 0 Å².